The summed E-state index contributed by atoms with van der Waals surface area (Å²) in [7, 11) is 0. The molecule has 0 radical (unpaired) electrons. The average Bonchev–Trinajstić information content (AvgIpc) is 2.52. The zero-order valence-corrected chi connectivity index (χ0v) is 12.0. The van der Waals surface area contributed by atoms with Crippen LogP contribution in [0, 0.1) is 0 Å². The van der Waals surface area contributed by atoms with Gasteiger partial charge in [-0.15, -0.1) is 0 Å². The Kier molecular flexibility index (Phi) is 8.08. The largest absolute Gasteiger partial charge is 0.399 e. The van der Waals surface area contributed by atoms with Gasteiger partial charge in [0.2, 0.25) is 0 Å². The van der Waals surface area contributed by atoms with Crippen LogP contribution >= 0.6 is 0 Å². The van der Waals surface area contributed by atoms with Crippen molar-refractivity contribution in [1.29, 1.82) is 0 Å². The maximum atomic E-state index is 8.00. The van der Waals surface area contributed by atoms with E-state index in [1.54, 1.807) is 0 Å². The fourth-order valence-electron chi connectivity index (χ4n) is 2.13. The fourth-order valence-corrected chi connectivity index (χ4v) is 2.13. The third kappa shape index (κ3) is 6.34. The van der Waals surface area contributed by atoms with Gasteiger partial charge < -0.3 is 15.8 Å². The van der Waals surface area contributed by atoms with E-state index in [2.05, 4.69) is 35.7 Å². The molecule has 0 unspecified atom stereocenters. The van der Waals surface area contributed by atoms with Crippen molar-refractivity contribution in [2.75, 3.05) is 18.8 Å². The minimum Gasteiger partial charge on any atom is -0.399 e. The van der Waals surface area contributed by atoms with Gasteiger partial charge in [-0.1, -0.05) is 35.9 Å². The molecule has 0 heterocycles. The summed E-state index contributed by atoms with van der Waals surface area (Å²) < 4.78 is 0. The summed E-state index contributed by atoms with van der Waals surface area (Å²) in [5.41, 5.74) is 9.31. The molecule has 2 rings (SSSR count). The molecule has 1 aromatic rings. The predicted molar refractivity (Wildman–Crippen MR) is 85.6 cm³/mol. The van der Waals surface area contributed by atoms with Crippen LogP contribution in [-0.2, 0) is 11.2 Å². The minimum absolute atomic E-state index is 0.836. The third-order valence-electron chi connectivity index (χ3n) is 3.23. The molecule has 3 heteroatoms. The maximum Gasteiger partial charge on any atom is 0.106 e. The molecule has 0 fully saturated rings. The smallest absolute Gasteiger partial charge is 0.106 e. The topological polar surface area (TPSA) is 55.1 Å². The van der Waals surface area contributed by atoms with Gasteiger partial charge in [-0.05, 0) is 56.5 Å². The van der Waals surface area contributed by atoms with Crippen molar-refractivity contribution in [2.45, 2.75) is 25.7 Å². The average molecular weight is 272 g/mol. The van der Waals surface area contributed by atoms with E-state index < -0.39 is 0 Å². The van der Waals surface area contributed by atoms with Crippen LogP contribution in [0.4, 0.5) is 5.69 Å². The highest BCUT2D eigenvalue weighted by atomic mass is 16.1. The van der Waals surface area contributed by atoms with Gasteiger partial charge in [-0.3, -0.25) is 0 Å². The van der Waals surface area contributed by atoms with E-state index in [9.17, 15) is 0 Å². The van der Waals surface area contributed by atoms with Gasteiger partial charge in [0, 0.05) is 5.69 Å². The lowest BCUT2D eigenvalue weighted by Crippen LogP contribution is -2.18. The number of benzene rings is 1. The van der Waals surface area contributed by atoms with E-state index in [4.69, 9.17) is 10.5 Å². The van der Waals surface area contributed by atoms with Gasteiger partial charge >= 0.3 is 0 Å². The molecule has 0 amide bonds. The highest BCUT2D eigenvalue weighted by Gasteiger charge is 1.97. The molecule has 0 aliphatic heterocycles. The van der Waals surface area contributed by atoms with Crippen LogP contribution in [0.25, 0.3) is 0 Å². The van der Waals surface area contributed by atoms with E-state index in [-0.39, 0.29) is 0 Å². The zero-order valence-electron chi connectivity index (χ0n) is 12.0. The number of rotatable bonds is 6. The first-order valence-electron chi connectivity index (χ1n) is 7.04. The van der Waals surface area contributed by atoms with Gasteiger partial charge in [0.1, 0.15) is 6.79 Å². The van der Waals surface area contributed by atoms with Gasteiger partial charge in [-0.25, -0.2) is 0 Å². The van der Waals surface area contributed by atoms with Gasteiger partial charge in [0.15, 0.2) is 0 Å². The monoisotopic (exact) mass is 272 g/mol. The second-order valence-electron chi connectivity index (χ2n) is 4.75. The summed E-state index contributed by atoms with van der Waals surface area (Å²) in [4.78, 5) is 8.00. The van der Waals surface area contributed by atoms with Crippen molar-refractivity contribution in [3.8, 4) is 0 Å². The Morgan fingerprint density at radius 1 is 1.05 bits per heavy atom. The third-order valence-corrected chi connectivity index (χ3v) is 3.23. The van der Waals surface area contributed by atoms with Gasteiger partial charge in [0.25, 0.3) is 0 Å². The number of allylic oxidation sites excluding steroid dienone is 3. The quantitative estimate of drug-likeness (QED) is 0.618. The molecule has 0 saturated heterocycles. The molecular formula is C17H24N2O. The molecule has 0 spiro atoms. The molecule has 3 N–H and O–H groups in total. The number of nitrogens with two attached hydrogens (primary N) is 1. The van der Waals surface area contributed by atoms with Crippen LogP contribution in [0.5, 0.6) is 0 Å². The molecule has 108 valence electrons. The lowest BCUT2D eigenvalue weighted by Gasteiger charge is -2.08. The molecule has 3 nitrogen and oxygen atoms in total. The highest BCUT2D eigenvalue weighted by molar-refractivity contribution is 5.39. The first kappa shape index (κ1) is 16.2. The molecule has 1 aromatic carbocycles. The predicted octanol–water partition coefficient (Wildman–Crippen LogP) is 2.88. The van der Waals surface area contributed by atoms with Crippen molar-refractivity contribution in [1.82, 2.24) is 5.32 Å². The van der Waals surface area contributed by atoms with E-state index in [1.165, 1.54) is 24.0 Å². The van der Waals surface area contributed by atoms with E-state index in [0.29, 0.717) is 0 Å². The minimum atomic E-state index is 0.836. The Morgan fingerprint density at radius 2 is 1.75 bits per heavy atom. The van der Waals surface area contributed by atoms with Crippen LogP contribution < -0.4 is 11.1 Å². The first-order valence-corrected chi connectivity index (χ1v) is 7.04. The molecule has 0 atom stereocenters. The van der Waals surface area contributed by atoms with E-state index >= 15 is 0 Å². The highest BCUT2D eigenvalue weighted by Crippen LogP contribution is 2.12. The Bertz CT molecular complexity index is 435. The Labute approximate surface area is 121 Å². The van der Waals surface area contributed by atoms with Crippen LogP contribution in [0.15, 0.2) is 48.1 Å². The van der Waals surface area contributed by atoms with E-state index in [1.807, 2.05) is 18.9 Å². The molecular weight excluding hydrogens is 248 g/mol. The van der Waals surface area contributed by atoms with Crippen molar-refractivity contribution in [2.24, 2.45) is 0 Å². The fraction of sp³-hybridized carbons (Fsp3) is 0.353. The molecule has 0 aromatic heterocycles. The zero-order chi connectivity index (χ0) is 14.6. The van der Waals surface area contributed by atoms with Gasteiger partial charge in [0.05, 0.1) is 0 Å². The SMILES string of the molecule is C=O.Nc1ccc(CCNCCC2=CCCC=C2)cc1. The standard InChI is InChI=1S/C16H22N2.CH2O/c17-16-8-6-15(7-9-16)11-13-18-12-10-14-4-2-1-3-5-14;1-2/h2,4-9,18H,1,3,10-13,17H2;1H2. The number of hydrogen-bond donors (Lipinski definition) is 2. The number of anilines is 1. The Hall–Kier alpha value is -1.87. The van der Waals surface area contributed by atoms with Crippen molar-refractivity contribution in [3.63, 3.8) is 0 Å². The summed E-state index contributed by atoms with van der Waals surface area (Å²) in [5.74, 6) is 0. The molecule has 0 bridgehead atoms. The van der Waals surface area contributed by atoms with Crippen LogP contribution in [0.1, 0.15) is 24.8 Å². The second kappa shape index (κ2) is 9.98. The summed E-state index contributed by atoms with van der Waals surface area (Å²) in [6.07, 6.45) is 11.5. The number of nitrogens with one attached hydrogen (secondary N) is 1. The lowest BCUT2D eigenvalue weighted by molar-refractivity contribution is -0.0979. The number of carbonyl (C=O) groups excluding carboxylic acids is 1. The van der Waals surface area contributed by atoms with Crippen LogP contribution in [0.3, 0.4) is 0 Å². The lowest BCUT2D eigenvalue weighted by atomic mass is 10.0. The van der Waals surface area contributed by atoms with Crippen LogP contribution in [0.2, 0.25) is 0 Å². The summed E-state index contributed by atoms with van der Waals surface area (Å²) >= 11 is 0. The normalized spacial score (nSPS) is 13.3. The number of nitrogen functional groups attached to an aromatic ring is 1. The van der Waals surface area contributed by atoms with Crippen molar-refractivity contribution in [3.05, 3.63) is 53.6 Å². The summed E-state index contributed by atoms with van der Waals surface area (Å²) in [6.45, 7) is 4.09. The van der Waals surface area contributed by atoms with E-state index in [0.717, 1.165) is 31.6 Å². The molecule has 1 aliphatic rings. The Balaban J connectivity index is 0.000000956. The Morgan fingerprint density at radius 3 is 2.40 bits per heavy atom. The van der Waals surface area contributed by atoms with Crippen molar-refractivity contribution < 1.29 is 4.79 Å². The molecule has 20 heavy (non-hydrogen) atoms. The number of carbonyl (C=O) groups is 1. The summed E-state index contributed by atoms with van der Waals surface area (Å²) in [6, 6.07) is 8.13. The van der Waals surface area contributed by atoms with Crippen LogP contribution in [-0.4, -0.2) is 19.9 Å². The molecule has 1 aliphatic carbocycles. The maximum absolute atomic E-state index is 8.00. The number of hydrogen-bond acceptors (Lipinski definition) is 3. The van der Waals surface area contributed by atoms with Gasteiger partial charge in [-0.2, -0.15) is 0 Å². The summed E-state index contributed by atoms with van der Waals surface area (Å²) in [5, 5.41) is 3.49. The second-order valence-corrected chi connectivity index (χ2v) is 4.75. The molecule has 0 saturated carbocycles. The van der Waals surface area contributed by atoms with Crippen molar-refractivity contribution >= 4 is 12.5 Å². The first-order chi connectivity index (χ1) is 9.84.